The molecule has 0 atom stereocenters. The minimum atomic E-state index is -0.450. The third kappa shape index (κ3) is 5.35. The minimum Gasteiger partial charge on any atom is -0.465 e. The van der Waals surface area contributed by atoms with Gasteiger partial charge in [0.25, 0.3) is 0 Å². The van der Waals surface area contributed by atoms with E-state index in [4.69, 9.17) is 9.47 Å². The van der Waals surface area contributed by atoms with E-state index in [1.54, 1.807) is 25.3 Å². The van der Waals surface area contributed by atoms with E-state index in [0.717, 1.165) is 0 Å². The summed E-state index contributed by atoms with van der Waals surface area (Å²) >= 11 is 1.19. The molecule has 0 bridgehead atoms. The molecule has 1 aromatic heterocycles. The number of carbonyl (C=O) groups excluding carboxylic acids is 2. The van der Waals surface area contributed by atoms with Crippen molar-refractivity contribution < 1.29 is 19.1 Å². The molecule has 5 nitrogen and oxygen atoms in total. The van der Waals surface area contributed by atoms with Crippen LogP contribution in [-0.4, -0.2) is 35.2 Å². The lowest BCUT2D eigenvalue weighted by Crippen LogP contribution is -2.09. The highest BCUT2D eigenvalue weighted by molar-refractivity contribution is 7.99. The summed E-state index contributed by atoms with van der Waals surface area (Å²) in [6.45, 7) is 2.10. The van der Waals surface area contributed by atoms with Crippen LogP contribution in [0.25, 0.3) is 0 Å². The fraction of sp³-hybridized carbons (Fsp3) is 0.364. The van der Waals surface area contributed by atoms with E-state index in [0.29, 0.717) is 12.2 Å². The smallest absolute Gasteiger partial charge is 0.340 e. The number of rotatable bonds is 6. The molecule has 0 saturated heterocycles. The molecule has 1 aromatic rings. The van der Waals surface area contributed by atoms with Gasteiger partial charge in [-0.15, -0.1) is 11.8 Å². The first kappa shape index (κ1) is 13.5. The largest absolute Gasteiger partial charge is 0.465 e. The van der Waals surface area contributed by atoms with Crippen LogP contribution in [0.5, 0.6) is 0 Å². The number of esters is 2. The summed E-state index contributed by atoms with van der Waals surface area (Å²) in [7, 11) is 0. The lowest BCUT2D eigenvalue weighted by atomic mass is 10.3. The molecule has 0 unspecified atom stereocenters. The zero-order chi connectivity index (χ0) is 12.5. The molecule has 0 fully saturated rings. The fourth-order valence-corrected chi connectivity index (χ4v) is 1.51. The van der Waals surface area contributed by atoms with Crippen molar-refractivity contribution in [3.05, 3.63) is 30.1 Å². The summed E-state index contributed by atoms with van der Waals surface area (Å²) in [6.07, 6.45) is 3.00. The monoisotopic (exact) mass is 255 g/mol. The number of thioether (sulfide) groups is 1. The minimum absolute atomic E-state index is 0.118. The Kier molecular flexibility index (Phi) is 6.09. The topological polar surface area (TPSA) is 65.5 Å². The summed E-state index contributed by atoms with van der Waals surface area (Å²) in [4.78, 5) is 26.2. The number of ether oxygens (including phenoxy) is 2. The summed E-state index contributed by atoms with van der Waals surface area (Å²) in [6, 6.07) is 3.27. The van der Waals surface area contributed by atoms with E-state index >= 15 is 0 Å². The molecule has 0 aliphatic carbocycles. The van der Waals surface area contributed by atoms with Gasteiger partial charge in [0.1, 0.15) is 5.94 Å². The van der Waals surface area contributed by atoms with E-state index in [9.17, 15) is 9.59 Å². The predicted molar refractivity (Wildman–Crippen MR) is 63.6 cm³/mol. The Morgan fingerprint density at radius 2 is 2.24 bits per heavy atom. The molecule has 1 heterocycles. The van der Waals surface area contributed by atoms with Crippen LogP contribution in [0.4, 0.5) is 0 Å². The average molecular weight is 255 g/mol. The maximum Gasteiger partial charge on any atom is 0.340 e. The third-order valence-electron chi connectivity index (χ3n) is 1.70. The van der Waals surface area contributed by atoms with Crippen molar-refractivity contribution in [2.45, 2.75) is 6.92 Å². The molecule has 0 aromatic carbocycles. The highest BCUT2D eigenvalue weighted by Crippen LogP contribution is 2.05. The second kappa shape index (κ2) is 7.67. The molecular weight excluding hydrogens is 242 g/mol. The van der Waals surface area contributed by atoms with E-state index in [2.05, 4.69) is 4.98 Å². The number of carbonyl (C=O) groups is 2. The van der Waals surface area contributed by atoms with Crippen molar-refractivity contribution >= 4 is 23.7 Å². The Balaban J connectivity index is 2.19. The van der Waals surface area contributed by atoms with Gasteiger partial charge in [-0.2, -0.15) is 0 Å². The van der Waals surface area contributed by atoms with E-state index < -0.39 is 5.97 Å². The predicted octanol–water partition coefficient (Wildman–Crippen LogP) is 1.49. The van der Waals surface area contributed by atoms with Crippen molar-refractivity contribution in [1.82, 2.24) is 4.98 Å². The van der Waals surface area contributed by atoms with Crippen LogP contribution >= 0.6 is 11.8 Å². The molecule has 1 rings (SSSR count). The van der Waals surface area contributed by atoms with E-state index in [-0.39, 0.29) is 17.7 Å². The summed E-state index contributed by atoms with van der Waals surface area (Å²) in [5.74, 6) is -0.467. The Labute approximate surface area is 104 Å². The van der Waals surface area contributed by atoms with Gasteiger partial charge < -0.3 is 9.47 Å². The summed E-state index contributed by atoms with van der Waals surface area (Å²) in [5.41, 5.74) is 0.393. The number of pyridine rings is 1. The van der Waals surface area contributed by atoms with Crippen LogP contribution in [-0.2, 0) is 14.3 Å². The Morgan fingerprint density at radius 3 is 2.88 bits per heavy atom. The lowest BCUT2D eigenvalue weighted by Gasteiger charge is -2.04. The maximum atomic E-state index is 11.4. The molecule has 0 N–H and O–H groups in total. The zero-order valence-corrected chi connectivity index (χ0v) is 10.2. The molecule has 0 saturated carbocycles. The Morgan fingerprint density at radius 1 is 1.41 bits per heavy atom. The highest BCUT2D eigenvalue weighted by atomic mass is 32.2. The van der Waals surface area contributed by atoms with Gasteiger partial charge in [-0.25, -0.2) is 4.79 Å². The molecule has 0 radical (unpaired) electrons. The summed E-state index contributed by atoms with van der Waals surface area (Å²) < 4.78 is 9.66. The molecular formula is C11H13NO4S. The van der Waals surface area contributed by atoms with Crippen molar-refractivity contribution in [2.75, 3.05) is 18.3 Å². The van der Waals surface area contributed by atoms with Gasteiger partial charge in [-0.05, 0) is 19.1 Å². The first-order valence-electron chi connectivity index (χ1n) is 5.04. The van der Waals surface area contributed by atoms with Gasteiger partial charge in [0.15, 0.2) is 0 Å². The number of hydrogen-bond donors (Lipinski definition) is 0. The highest BCUT2D eigenvalue weighted by Gasteiger charge is 2.07. The molecule has 92 valence electrons. The van der Waals surface area contributed by atoms with Crippen molar-refractivity contribution in [1.29, 1.82) is 0 Å². The maximum absolute atomic E-state index is 11.4. The van der Waals surface area contributed by atoms with Crippen molar-refractivity contribution in [3.8, 4) is 0 Å². The number of aromatic nitrogens is 1. The molecule has 6 heteroatoms. The van der Waals surface area contributed by atoms with Crippen molar-refractivity contribution in [3.63, 3.8) is 0 Å². The quantitative estimate of drug-likeness (QED) is 0.436. The van der Waals surface area contributed by atoms with Crippen LogP contribution in [0.15, 0.2) is 24.5 Å². The van der Waals surface area contributed by atoms with Crippen LogP contribution in [0, 0.1) is 0 Å². The fourth-order valence-electron chi connectivity index (χ4n) is 0.990. The molecule has 17 heavy (non-hydrogen) atoms. The second-order valence-electron chi connectivity index (χ2n) is 2.94. The Bertz CT molecular complexity index is 369. The molecule has 0 aliphatic heterocycles. The van der Waals surface area contributed by atoms with Crippen molar-refractivity contribution in [2.24, 2.45) is 0 Å². The molecule has 0 spiro atoms. The van der Waals surface area contributed by atoms with Crippen LogP contribution in [0.1, 0.15) is 17.3 Å². The second-order valence-corrected chi connectivity index (χ2v) is 3.88. The number of hydrogen-bond acceptors (Lipinski definition) is 6. The van der Waals surface area contributed by atoms with Gasteiger partial charge in [-0.3, -0.25) is 9.78 Å². The van der Waals surface area contributed by atoms with Crippen LogP contribution in [0.2, 0.25) is 0 Å². The zero-order valence-electron chi connectivity index (χ0n) is 9.42. The van der Waals surface area contributed by atoms with Gasteiger partial charge in [0.05, 0.1) is 17.9 Å². The third-order valence-corrected chi connectivity index (χ3v) is 2.42. The number of nitrogens with zero attached hydrogens (tertiary/aromatic N) is 1. The van der Waals surface area contributed by atoms with Crippen LogP contribution in [0.3, 0.4) is 0 Å². The van der Waals surface area contributed by atoms with Gasteiger partial charge in [-0.1, -0.05) is 0 Å². The lowest BCUT2D eigenvalue weighted by molar-refractivity contribution is -0.139. The van der Waals surface area contributed by atoms with Gasteiger partial charge in [0, 0.05) is 12.4 Å². The van der Waals surface area contributed by atoms with Gasteiger partial charge in [0.2, 0.25) is 0 Å². The average Bonchev–Trinajstić information content (AvgIpc) is 2.36. The summed E-state index contributed by atoms with van der Waals surface area (Å²) in [5, 5.41) is 0. The molecule has 0 aliphatic rings. The Hall–Kier alpha value is -1.56. The SMILES string of the molecule is CCOC(=O)CSCOC(=O)c1cccnc1. The van der Waals surface area contributed by atoms with E-state index in [1.807, 2.05) is 0 Å². The first-order chi connectivity index (χ1) is 8.24. The van der Waals surface area contributed by atoms with Gasteiger partial charge >= 0.3 is 11.9 Å². The first-order valence-corrected chi connectivity index (χ1v) is 6.20. The normalized spacial score (nSPS) is 9.71. The van der Waals surface area contributed by atoms with Crippen LogP contribution < -0.4 is 0 Å². The van der Waals surface area contributed by atoms with E-state index in [1.165, 1.54) is 18.0 Å². The molecule has 0 amide bonds. The standard InChI is InChI=1S/C11H13NO4S/c1-2-15-10(13)7-17-8-16-11(14)9-4-3-5-12-6-9/h3-6H,2,7-8H2,1H3.